The largest absolute Gasteiger partial charge is 0.492 e. The molecule has 2 aliphatic heterocycles. The molecular formula is C29H41N3O5. The third-order valence-corrected chi connectivity index (χ3v) is 7.04. The van der Waals surface area contributed by atoms with Crippen molar-refractivity contribution in [2.24, 2.45) is 0 Å². The van der Waals surface area contributed by atoms with Crippen LogP contribution in [0, 0.1) is 6.92 Å². The number of aryl methyl sites for hydroxylation is 1. The normalized spacial score (nSPS) is 21.1. The van der Waals surface area contributed by atoms with Crippen LogP contribution in [0.3, 0.4) is 0 Å². The number of β-amino-alcohol motifs (C(OH)–C–C–N with tert-alkyl or cyclic N) is 1. The van der Waals surface area contributed by atoms with Crippen molar-refractivity contribution in [1.29, 1.82) is 0 Å². The summed E-state index contributed by atoms with van der Waals surface area (Å²) in [6, 6.07) is 15.9. The minimum Gasteiger partial charge on any atom is -0.492 e. The van der Waals surface area contributed by atoms with E-state index < -0.39 is 5.60 Å². The Labute approximate surface area is 220 Å². The van der Waals surface area contributed by atoms with Gasteiger partial charge in [0, 0.05) is 39.8 Å². The molecule has 0 aliphatic carbocycles. The van der Waals surface area contributed by atoms with E-state index in [0.717, 1.165) is 23.4 Å². The van der Waals surface area contributed by atoms with Gasteiger partial charge in [-0.3, -0.25) is 14.6 Å². The number of benzene rings is 2. The van der Waals surface area contributed by atoms with Crippen molar-refractivity contribution >= 4 is 5.91 Å². The van der Waals surface area contributed by atoms with Crippen LogP contribution >= 0.6 is 0 Å². The van der Waals surface area contributed by atoms with Gasteiger partial charge in [-0.1, -0.05) is 29.8 Å². The summed E-state index contributed by atoms with van der Waals surface area (Å²) in [6.07, 6.45) is 2.58. The van der Waals surface area contributed by atoms with Crippen molar-refractivity contribution in [2.75, 3.05) is 72.7 Å². The second-order valence-corrected chi connectivity index (χ2v) is 10.3. The zero-order valence-electron chi connectivity index (χ0n) is 22.2. The first-order valence-electron chi connectivity index (χ1n) is 13.3. The van der Waals surface area contributed by atoms with E-state index in [4.69, 9.17) is 14.2 Å². The van der Waals surface area contributed by atoms with E-state index in [9.17, 15) is 9.90 Å². The lowest BCUT2D eigenvalue weighted by atomic mass is 10.0. The molecule has 2 fully saturated rings. The van der Waals surface area contributed by atoms with E-state index in [2.05, 4.69) is 21.9 Å². The van der Waals surface area contributed by atoms with Crippen molar-refractivity contribution in [2.45, 2.75) is 31.9 Å². The molecule has 0 aromatic heterocycles. The molecular weight excluding hydrogens is 470 g/mol. The van der Waals surface area contributed by atoms with Gasteiger partial charge in [-0.05, 0) is 62.7 Å². The zero-order chi connectivity index (χ0) is 26.1. The molecule has 1 N–H and O–H groups in total. The van der Waals surface area contributed by atoms with Gasteiger partial charge in [0.05, 0.1) is 6.54 Å². The highest BCUT2D eigenvalue weighted by Crippen LogP contribution is 2.21. The van der Waals surface area contributed by atoms with Gasteiger partial charge in [0.25, 0.3) is 0 Å². The number of carbonyl (C=O) groups excluding carboxylic acids is 1. The van der Waals surface area contributed by atoms with Crippen LogP contribution in [0.1, 0.15) is 24.0 Å². The number of amides is 1. The topological polar surface area (TPSA) is 74.7 Å². The number of aliphatic hydroxyl groups is 1. The highest BCUT2D eigenvalue weighted by molar-refractivity contribution is 5.77. The predicted molar refractivity (Wildman–Crippen MR) is 143 cm³/mol. The molecule has 8 nitrogen and oxygen atoms in total. The molecule has 0 spiro atoms. The van der Waals surface area contributed by atoms with Gasteiger partial charge in [0.1, 0.15) is 36.9 Å². The fourth-order valence-electron chi connectivity index (χ4n) is 5.00. The summed E-state index contributed by atoms with van der Waals surface area (Å²) in [6.45, 7) is 8.54. The monoisotopic (exact) mass is 511 g/mol. The Bertz CT molecular complexity index is 978. The smallest absolute Gasteiger partial charge is 0.248 e. The van der Waals surface area contributed by atoms with Gasteiger partial charge in [-0.15, -0.1) is 0 Å². The fraction of sp³-hybridized carbons (Fsp3) is 0.552. The summed E-state index contributed by atoms with van der Waals surface area (Å²) in [5.74, 6) is 1.44. The minimum absolute atomic E-state index is 0.00583. The van der Waals surface area contributed by atoms with Crippen LogP contribution < -0.4 is 9.47 Å². The Kier molecular flexibility index (Phi) is 9.80. The molecule has 2 aromatic carbocycles. The Morgan fingerprint density at radius 3 is 2.27 bits per heavy atom. The molecule has 0 saturated carbocycles. The van der Waals surface area contributed by atoms with Gasteiger partial charge in [-0.25, -0.2) is 0 Å². The number of nitrogens with zero attached hydrogens (tertiary/aromatic N) is 3. The van der Waals surface area contributed by atoms with Crippen molar-refractivity contribution in [1.82, 2.24) is 14.7 Å². The summed E-state index contributed by atoms with van der Waals surface area (Å²) in [5, 5.41) is 11.6. The lowest BCUT2D eigenvalue weighted by Crippen LogP contribution is -2.52. The maximum atomic E-state index is 12.6. The van der Waals surface area contributed by atoms with E-state index in [1.165, 1.54) is 33.0 Å². The summed E-state index contributed by atoms with van der Waals surface area (Å²) in [7, 11) is 1.51. The second kappa shape index (κ2) is 13.2. The summed E-state index contributed by atoms with van der Waals surface area (Å²) in [5.41, 5.74) is 1.06. The SMILES string of the molecule is COCC(=O)N1CCN(Cc2ccc(OCCN3CCCC3)cc2)C[C@@](O)(COc2ccc(C)cc2)C1. The molecule has 2 aromatic rings. The summed E-state index contributed by atoms with van der Waals surface area (Å²) in [4.78, 5) is 18.9. The molecule has 202 valence electrons. The number of likely N-dealkylation sites (tertiary alicyclic amines) is 1. The van der Waals surface area contributed by atoms with Gasteiger partial charge in [-0.2, -0.15) is 0 Å². The summed E-state index contributed by atoms with van der Waals surface area (Å²) < 4.78 is 17.0. The third kappa shape index (κ3) is 8.43. The molecule has 8 heteroatoms. The van der Waals surface area contributed by atoms with Crippen molar-refractivity contribution in [3.8, 4) is 11.5 Å². The van der Waals surface area contributed by atoms with Crippen molar-refractivity contribution < 1.29 is 24.1 Å². The molecule has 37 heavy (non-hydrogen) atoms. The predicted octanol–water partition coefficient (Wildman–Crippen LogP) is 2.57. The van der Waals surface area contributed by atoms with Crippen LogP contribution in [0.15, 0.2) is 48.5 Å². The molecule has 1 amide bonds. The van der Waals surface area contributed by atoms with Crippen LogP contribution in [0.25, 0.3) is 0 Å². The Morgan fingerprint density at radius 1 is 0.892 bits per heavy atom. The molecule has 0 radical (unpaired) electrons. The second-order valence-electron chi connectivity index (χ2n) is 10.3. The molecule has 2 heterocycles. The quantitative estimate of drug-likeness (QED) is 0.497. The van der Waals surface area contributed by atoms with E-state index >= 15 is 0 Å². The average molecular weight is 512 g/mol. The maximum absolute atomic E-state index is 12.6. The minimum atomic E-state index is -1.22. The highest BCUT2D eigenvalue weighted by atomic mass is 16.5. The molecule has 2 saturated heterocycles. The lowest BCUT2D eigenvalue weighted by molar-refractivity contribution is -0.138. The van der Waals surface area contributed by atoms with Gasteiger partial charge < -0.3 is 24.2 Å². The number of methoxy groups -OCH3 is 1. The Balaban J connectivity index is 1.36. The van der Waals surface area contributed by atoms with E-state index in [1.54, 1.807) is 4.90 Å². The van der Waals surface area contributed by atoms with E-state index in [-0.39, 0.29) is 25.7 Å². The highest BCUT2D eigenvalue weighted by Gasteiger charge is 2.37. The van der Waals surface area contributed by atoms with Crippen LogP contribution in [0.4, 0.5) is 0 Å². The molecule has 0 bridgehead atoms. The first kappa shape index (κ1) is 27.4. The Hall–Kier alpha value is -2.65. The number of hydrogen-bond acceptors (Lipinski definition) is 7. The summed E-state index contributed by atoms with van der Waals surface area (Å²) >= 11 is 0. The standard InChI is InChI=1S/C29H41N3O5/c1-24-5-9-27(10-6-24)37-23-29(34)21-31(15-16-32(22-29)28(33)20-35-2)19-25-7-11-26(12-8-25)36-18-17-30-13-3-4-14-30/h5-12,34H,3-4,13-23H2,1-2H3/t29-/m0/s1. The lowest BCUT2D eigenvalue weighted by Gasteiger charge is -2.33. The van der Waals surface area contributed by atoms with Crippen LogP contribution in [-0.4, -0.2) is 104 Å². The Morgan fingerprint density at radius 2 is 1.57 bits per heavy atom. The number of carbonyl (C=O) groups is 1. The molecule has 4 rings (SSSR count). The van der Waals surface area contributed by atoms with Crippen molar-refractivity contribution in [3.05, 3.63) is 59.7 Å². The third-order valence-electron chi connectivity index (χ3n) is 7.04. The van der Waals surface area contributed by atoms with Gasteiger partial charge >= 0.3 is 0 Å². The van der Waals surface area contributed by atoms with Crippen LogP contribution in [0.5, 0.6) is 11.5 Å². The van der Waals surface area contributed by atoms with Gasteiger partial charge in [0.15, 0.2) is 0 Å². The first-order valence-corrected chi connectivity index (χ1v) is 13.3. The number of rotatable bonds is 11. The molecule has 2 aliphatic rings. The first-order chi connectivity index (χ1) is 17.9. The van der Waals surface area contributed by atoms with Crippen LogP contribution in [0.2, 0.25) is 0 Å². The average Bonchev–Trinajstić information content (AvgIpc) is 3.35. The molecule has 1 atom stereocenters. The number of ether oxygens (including phenoxy) is 3. The fourth-order valence-corrected chi connectivity index (χ4v) is 5.00. The maximum Gasteiger partial charge on any atom is 0.248 e. The van der Waals surface area contributed by atoms with E-state index in [1.807, 2.05) is 43.3 Å². The van der Waals surface area contributed by atoms with Crippen molar-refractivity contribution in [3.63, 3.8) is 0 Å². The van der Waals surface area contributed by atoms with Crippen LogP contribution in [-0.2, 0) is 16.1 Å². The van der Waals surface area contributed by atoms with E-state index in [0.29, 0.717) is 38.5 Å². The molecule has 0 unspecified atom stereocenters. The zero-order valence-corrected chi connectivity index (χ0v) is 22.2. The van der Waals surface area contributed by atoms with Gasteiger partial charge in [0.2, 0.25) is 5.91 Å². The number of hydrogen-bond donors (Lipinski definition) is 1.